The number of sulfonamides is 1. The van der Waals surface area contributed by atoms with Crippen LogP contribution in [0, 0.1) is 6.92 Å². The lowest BCUT2D eigenvalue weighted by Gasteiger charge is -2.11. The van der Waals surface area contributed by atoms with Crippen molar-refractivity contribution in [2.45, 2.75) is 17.9 Å². The van der Waals surface area contributed by atoms with E-state index in [1.165, 1.54) is 12.1 Å². The molecule has 17 heavy (non-hydrogen) atoms. The quantitative estimate of drug-likeness (QED) is 0.786. The average Bonchev–Trinajstić information content (AvgIpc) is 2.26. The van der Waals surface area contributed by atoms with Gasteiger partial charge in [-0.05, 0) is 19.1 Å². The number of hydrogen-bond donors (Lipinski definition) is 2. The molecule has 7 heteroatoms. The number of aryl methyl sites for hydroxylation is 1. The molecule has 0 bridgehead atoms. The van der Waals surface area contributed by atoms with E-state index in [0.29, 0.717) is 0 Å². The van der Waals surface area contributed by atoms with Crippen LogP contribution < -0.4 is 4.72 Å². The van der Waals surface area contributed by atoms with Crippen molar-refractivity contribution in [3.05, 3.63) is 29.8 Å². The Morgan fingerprint density at radius 2 is 1.94 bits per heavy atom. The predicted octanol–water partition coefficient (Wildman–Crippen LogP) is 0.965. The molecule has 1 aromatic carbocycles. The Morgan fingerprint density at radius 3 is 2.35 bits per heavy atom. The van der Waals surface area contributed by atoms with Gasteiger partial charge in [0, 0.05) is 5.88 Å². The summed E-state index contributed by atoms with van der Waals surface area (Å²) in [5.74, 6) is -1.64. The Hall–Kier alpha value is -1.11. The molecule has 0 radical (unpaired) electrons. The van der Waals surface area contributed by atoms with Crippen LogP contribution in [0.1, 0.15) is 5.56 Å². The van der Waals surface area contributed by atoms with Crippen LogP contribution in [-0.4, -0.2) is 31.4 Å². The van der Waals surface area contributed by atoms with Gasteiger partial charge in [0.25, 0.3) is 0 Å². The Bertz CT molecular complexity index is 498. The zero-order chi connectivity index (χ0) is 13.1. The number of benzene rings is 1. The summed E-state index contributed by atoms with van der Waals surface area (Å²) in [7, 11) is -3.85. The van der Waals surface area contributed by atoms with Crippen molar-refractivity contribution < 1.29 is 18.3 Å². The summed E-state index contributed by atoms with van der Waals surface area (Å²) < 4.78 is 25.6. The second-order valence-corrected chi connectivity index (χ2v) is 5.50. The number of carboxylic acids is 1. The molecule has 0 aliphatic carbocycles. The zero-order valence-electron chi connectivity index (χ0n) is 9.05. The average molecular weight is 278 g/mol. The van der Waals surface area contributed by atoms with Crippen molar-refractivity contribution in [2.75, 3.05) is 5.88 Å². The fourth-order valence-electron chi connectivity index (χ4n) is 1.12. The third-order valence-corrected chi connectivity index (χ3v) is 3.88. The first kappa shape index (κ1) is 14.0. The molecular weight excluding hydrogens is 266 g/mol. The van der Waals surface area contributed by atoms with Crippen molar-refractivity contribution in [3.8, 4) is 0 Å². The van der Waals surface area contributed by atoms with Crippen molar-refractivity contribution in [1.82, 2.24) is 4.72 Å². The number of aliphatic carboxylic acids is 1. The maximum atomic E-state index is 11.8. The van der Waals surface area contributed by atoms with Crippen LogP contribution in [0.15, 0.2) is 29.2 Å². The lowest BCUT2D eigenvalue weighted by molar-refractivity contribution is -0.138. The SMILES string of the molecule is Cc1ccc(S(=O)(=O)N[C@H](CCl)C(=O)O)cc1. The van der Waals surface area contributed by atoms with Gasteiger partial charge in [-0.15, -0.1) is 11.6 Å². The maximum absolute atomic E-state index is 11.8. The van der Waals surface area contributed by atoms with Crippen molar-refractivity contribution >= 4 is 27.6 Å². The van der Waals surface area contributed by atoms with Crippen molar-refractivity contribution in [1.29, 1.82) is 0 Å². The van der Waals surface area contributed by atoms with Gasteiger partial charge in [-0.25, -0.2) is 8.42 Å². The van der Waals surface area contributed by atoms with E-state index in [4.69, 9.17) is 16.7 Å². The molecule has 0 aliphatic rings. The highest BCUT2D eigenvalue weighted by Crippen LogP contribution is 2.10. The Kier molecular flexibility index (Phi) is 4.50. The molecular formula is C10H12ClNO4S. The number of alkyl halides is 1. The van der Waals surface area contributed by atoms with E-state index in [1.807, 2.05) is 11.6 Å². The molecule has 0 unspecified atom stereocenters. The highest BCUT2D eigenvalue weighted by molar-refractivity contribution is 7.89. The molecule has 0 aromatic heterocycles. The number of carboxylic acid groups (broad SMARTS) is 1. The predicted molar refractivity (Wildman–Crippen MR) is 63.6 cm³/mol. The van der Waals surface area contributed by atoms with E-state index in [9.17, 15) is 13.2 Å². The summed E-state index contributed by atoms with van der Waals surface area (Å²) >= 11 is 5.37. The Morgan fingerprint density at radius 1 is 1.41 bits per heavy atom. The number of nitrogens with one attached hydrogen (secondary N) is 1. The minimum absolute atomic E-state index is 0.0134. The van der Waals surface area contributed by atoms with E-state index < -0.39 is 22.0 Å². The molecule has 1 rings (SSSR count). The molecule has 0 saturated carbocycles. The third kappa shape index (κ3) is 3.69. The molecule has 94 valence electrons. The first-order valence-corrected chi connectivity index (χ1v) is 6.76. The Labute approximate surface area is 104 Å². The highest BCUT2D eigenvalue weighted by Gasteiger charge is 2.24. The van der Waals surface area contributed by atoms with Crippen LogP contribution in [0.2, 0.25) is 0 Å². The van der Waals surface area contributed by atoms with Gasteiger partial charge in [-0.2, -0.15) is 4.72 Å². The second kappa shape index (κ2) is 5.48. The normalized spacial score (nSPS) is 13.3. The first-order valence-electron chi connectivity index (χ1n) is 4.74. The van der Waals surface area contributed by atoms with Gasteiger partial charge < -0.3 is 5.11 Å². The van der Waals surface area contributed by atoms with E-state index in [-0.39, 0.29) is 10.8 Å². The van der Waals surface area contributed by atoms with Gasteiger partial charge >= 0.3 is 5.97 Å². The Balaban J connectivity index is 2.96. The summed E-state index contributed by atoms with van der Waals surface area (Å²) in [6, 6.07) is 4.74. The molecule has 1 aromatic rings. The maximum Gasteiger partial charge on any atom is 0.322 e. The van der Waals surface area contributed by atoms with Crippen molar-refractivity contribution in [3.63, 3.8) is 0 Å². The molecule has 0 aliphatic heterocycles. The summed E-state index contributed by atoms with van der Waals surface area (Å²) in [6.07, 6.45) is 0. The van der Waals surface area contributed by atoms with E-state index in [0.717, 1.165) is 5.56 Å². The number of carbonyl (C=O) groups is 1. The van der Waals surface area contributed by atoms with Gasteiger partial charge in [-0.3, -0.25) is 4.79 Å². The largest absolute Gasteiger partial charge is 0.480 e. The molecule has 0 heterocycles. The minimum atomic E-state index is -3.85. The molecule has 5 nitrogen and oxygen atoms in total. The fourth-order valence-corrected chi connectivity index (χ4v) is 2.61. The van der Waals surface area contributed by atoms with E-state index in [1.54, 1.807) is 12.1 Å². The summed E-state index contributed by atoms with van der Waals surface area (Å²) in [4.78, 5) is 10.7. The topological polar surface area (TPSA) is 83.5 Å². The van der Waals surface area contributed by atoms with Crippen LogP contribution in [0.3, 0.4) is 0 Å². The van der Waals surface area contributed by atoms with Crippen LogP contribution in [0.4, 0.5) is 0 Å². The van der Waals surface area contributed by atoms with Gasteiger partial charge in [-0.1, -0.05) is 17.7 Å². The highest BCUT2D eigenvalue weighted by atomic mass is 35.5. The zero-order valence-corrected chi connectivity index (χ0v) is 10.6. The molecule has 0 saturated heterocycles. The lowest BCUT2D eigenvalue weighted by Crippen LogP contribution is -2.41. The van der Waals surface area contributed by atoms with Crippen LogP contribution in [0.25, 0.3) is 0 Å². The van der Waals surface area contributed by atoms with E-state index >= 15 is 0 Å². The second-order valence-electron chi connectivity index (χ2n) is 3.48. The molecule has 0 amide bonds. The minimum Gasteiger partial charge on any atom is -0.480 e. The van der Waals surface area contributed by atoms with Gasteiger partial charge in [0.15, 0.2) is 0 Å². The third-order valence-electron chi connectivity index (χ3n) is 2.08. The monoisotopic (exact) mass is 277 g/mol. The first-order chi connectivity index (χ1) is 7.86. The van der Waals surface area contributed by atoms with Crippen LogP contribution >= 0.6 is 11.6 Å². The van der Waals surface area contributed by atoms with E-state index in [2.05, 4.69) is 0 Å². The summed E-state index contributed by atoms with van der Waals surface area (Å²) in [6.45, 7) is 1.82. The van der Waals surface area contributed by atoms with Crippen LogP contribution in [0.5, 0.6) is 0 Å². The fraction of sp³-hybridized carbons (Fsp3) is 0.300. The van der Waals surface area contributed by atoms with Gasteiger partial charge in [0.2, 0.25) is 10.0 Å². The molecule has 1 atom stereocenters. The van der Waals surface area contributed by atoms with Gasteiger partial charge in [0.05, 0.1) is 4.90 Å². The van der Waals surface area contributed by atoms with Gasteiger partial charge in [0.1, 0.15) is 6.04 Å². The summed E-state index contributed by atoms with van der Waals surface area (Å²) in [5, 5.41) is 8.72. The number of hydrogen-bond acceptors (Lipinski definition) is 3. The molecule has 0 spiro atoms. The lowest BCUT2D eigenvalue weighted by atomic mass is 10.2. The molecule has 0 fully saturated rings. The smallest absolute Gasteiger partial charge is 0.322 e. The standard InChI is InChI=1S/C10H12ClNO4S/c1-7-2-4-8(5-3-7)17(15,16)12-9(6-11)10(13)14/h2-5,9,12H,6H2,1H3,(H,13,14)/t9-/m1/s1. The summed E-state index contributed by atoms with van der Waals surface area (Å²) in [5.41, 5.74) is 0.913. The number of rotatable bonds is 5. The molecule has 2 N–H and O–H groups in total. The van der Waals surface area contributed by atoms with Crippen LogP contribution in [-0.2, 0) is 14.8 Å². The number of halogens is 1. The van der Waals surface area contributed by atoms with Crippen molar-refractivity contribution in [2.24, 2.45) is 0 Å².